The monoisotopic (exact) mass is 268 g/mol. The number of carbonyl (C=O) groups is 1. The molecule has 1 aromatic carbocycles. The van der Waals surface area contributed by atoms with Crippen molar-refractivity contribution >= 4 is 5.91 Å². The number of benzene rings is 1. The van der Waals surface area contributed by atoms with E-state index in [0.29, 0.717) is 5.56 Å². The smallest absolute Gasteiger partial charge is 0.387 e. The molecule has 102 valence electrons. The Labute approximate surface area is 109 Å². The second-order valence-corrected chi connectivity index (χ2v) is 4.96. The molecule has 1 atom stereocenters. The summed E-state index contributed by atoms with van der Waals surface area (Å²) in [6.07, 6.45) is 1.18. The third-order valence-corrected chi connectivity index (χ3v) is 3.71. The number of hydrogen-bond donors (Lipinski definition) is 1. The number of carbonyl (C=O) groups excluding carboxylic acids is 1. The first-order valence-corrected chi connectivity index (χ1v) is 6.12. The Kier molecular flexibility index (Phi) is 2.70. The fourth-order valence-electron chi connectivity index (χ4n) is 2.55. The molecule has 4 nitrogen and oxygen atoms in total. The molecule has 1 aliphatic carbocycles. The molecule has 1 N–H and O–H groups in total. The first kappa shape index (κ1) is 12.3. The maximum absolute atomic E-state index is 12.4. The number of nitrogens with zero attached hydrogens (tertiary/aromatic N) is 1. The normalized spacial score (nSPS) is 24.3. The summed E-state index contributed by atoms with van der Waals surface area (Å²) in [6.45, 7) is -2.88. The van der Waals surface area contributed by atoms with Crippen LogP contribution >= 0.6 is 0 Å². The zero-order valence-corrected chi connectivity index (χ0v) is 10.4. The van der Waals surface area contributed by atoms with Crippen LogP contribution in [0.15, 0.2) is 24.3 Å². The molecular formula is C13H14F2N2O2. The van der Waals surface area contributed by atoms with Crippen LogP contribution in [-0.4, -0.2) is 30.0 Å². The molecule has 1 saturated heterocycles. The van der Waals surface area contributed by atoms with E-state index in [4.69, 9.17) is 0 Å². The first-order chi connectivity index (χ1) is 9.03. The van der Waals surface area contributed by atoms with Gasteiger partial charge in [0.15, 0.2) is 0 Å². The molecule has 0 aromatic heterocycles. The Morgan fingerprint density at radius 3 is 2.68 bits per heavy atom. The summed E-state index contributed by atoms with van der Waals surface area (Å²) in [7, 11) is 1.67. The Balaban J connectivity index is 1.92. The summed E-state index contributed by atoms with van der Waals surface area (Å²) in [4.78, 5) is 13.6. The molecule has 1 heterocycles. The summed E-state index contributed by atoms with van der Waals surface area (Å²) in [5.41, 5.74) is 0.0830. The van der Waals surface area contributed by atoms with Crippen molar-refractivity contribution in [2.24, 2.45) is 0 Å². The number of ether oxygens (including phenoxy) is 1. The lowest BCUT2D eigenvalue weighted by Gasteiger charge is -2.22. The van der Waals surface area contributed by atoms with Crippen LogP contribution in [0.25, 0.3) is 0 Å². The first-order valence-electron chi connectivity index (χ1n) is 6.12. The number of nitrogens with one attached hydrogen (secondary N) is 1. The summed E-state index contributed by atoms with van der Waals surface area (Å²) in [5, 5.41) is 3.22. The summed E-state index contributed by atoms with van der Waals surface area (Å²) >= 11 is 0. The molecule has 19 heavy (non-hydrogen) atoms. The van der Waals surface area contributed by atoms with Gasteiger partial charge in [-0.25, -0.2) is 0 Å². The van der Waals surface area contributed by atoms with Gasteiger partial charge in [0.05, 0.1) is 0 Å². The van der Waals surface area contributed by atoms with Crippen LogP contribution in [0.5, 0.6) is 5.75 Å². The van der Waals surface area contributed by atoms with Crippen molar-refractivity contribution in [2.75, 3.05) is 7.05 Å². The second-order valence-electron chi connectivity index (χ2n) is 4.96. The van der Waals surface area contributed by atoms with E-state index in [1.54, 1.807) is 30.1 Å². The van der Waals surface area contributed by atoms with Crippen molar-refractivity contribution in [3.63, 3.8) is 0 Å². The van der Waals surface area contributed by atoms with Gasteiger partial charge in [-0.2, -0.15) is 8.78 Å². The lowest BCUT2D eigenvalue weighted by molar-refractivity contribution is -0.129. The Morgan fingerprint density at radius 2 is 2.11 bits per heavy atom. The molecule has 0 bridgehead atoms. The Hall–Kier alpha value is -1.69. The predicted molar refractivity (Wildman–Crippen MR) is 63.7 cm³/mol. The Morgan fingerprint density at radius 1 is 1.42 bits per heavy atom. The molecule has 1 spiro atoms. The van der Waals surface area contributed by atoms with E-state index in [0.717, 1.165) is 12.8 Å². The van der Waals surface area contributed by atoms with Gasteiger partial charge in [0, 0.05) is 12.6 Å². The minimum atomic E-state index is -2.88. The number of amides is 1. The third-order valence-electron chi connectivity index (χ3n) is 3.71. The highest BCUT2D eigenvalue weighted by Crippen LogP contribution is 2.46. The van der Waals surface area contributed by atoms with Crippen molar-refractivity contribution < 1.29 is 18.3 Å². The average molecular weight is 268 g/mol. The van der Waals surface area contributed by atoms with Crippen LogP contribution in [0.2, 0.25) is 0 Å². The maximum Gasteiger partial charge on any atom is 0.387 e. The highest BCUT2D eigenvalue weighted by atomic mass is 19.3. The van der Waals surface area contributed by atoms with E-state index < -0.39 is 18.3 Å². The maximum atomic E-state index is 12.4. The number of likely N-dealkylation sites (N-methyl/N-ethyl adjacent to an activating group) is 1. The zero-order valence-electron chi connectivity index (χ0n) is 10.4. The quantitative estimate of drug-likeness (QED) is 0.910. The number of rotatable bonds is 3. The Bertz CT molecular complexity index is 517. The molecule has 3 rings (SSSR count). The highest BCUT2D eigenvalue weighted by molar-refractivity contribution is 5.91. The second kappa shape index (κ2) is 4.16. The lowest BCUT2D eigenvalue weighted by atomic mass is 10.1. The topological polar surface area (TPSA) is 41.6 Å². The molecule has 6 heteroatoms. The van der Waals surface area contributed by atoms with Gasteiger partial charge in [-0.1, -0.05) is 18.2 Å². The van der Waals surface area contributed by atoms with Gasteiger partial charge < -0.3 is 9.64 Å². The molecule has 2 aliphatic rings. The van der Waals surface area contributed by atoms with Crippen molar-refractivity contribution in [3.8, 4) is 5.75 Å². The van der Waals surface area contributed by atoms with Gasteiger partial charge in [0.2, 0.25) is 5.91 Å². The lowest BCUT2D eigenvalue weighted by Crippen LogP contribution is -2.30. The van der Waals surface area contributed by atoms with Crippen LogP contribution < -0.4 is 10.1 Å². The number of para-hydroxylation sites is 1. The molecule has 1 unspecified atom stereocenters. The fourth-order valence-corrected chi connectivity index (χ4v) is 2.55. The van der Waals surface area contributed by atoms with Crippen LogP contribution in [-0.2, 0) is 4.79 Å². The molecule has 1 aromatic rings. The minimum absolute atomic E-state index is 0.0179. The third kappa shape index (κ3) is 1.96. The van der Waals surface area contributed by atoms with Crippen LogP contribution in [0.4, 0.5) is 8.78 Å². The number of alkyl halides is 2. The van der Waals surface area contributed by atoms with E-state index >= 15 is 0 Å². The summed E-state index contributed by atoms with van der Waals surface area (Å²) < 4.78 is 29.3. The summed E-state index contributed by atoms with van der Waals surface area (Å²) in [5.74, 6) is 0.122. The molecule has 1 saturated carbocycles. The molecule has 0 radical (unpaired) electrons. The van der Waals surface area contributed by atoms with E-state index in [1.807, 2.05) is 0 Å². The van der Waals surface area contributed by atoms with Gasteiger partial charge in [-0.05, 0) is 18.9 Å². The molecular weight excluding hydrogens is 254 g/mol. The SMILES string of the molecule is CN1C(=O)C2(CC2)NC1c1ccccc1OC(F)F. The van der Waals surface area contributed by atoms with Crippen molar-refractivity contribution in [2.45, 2.75) is 31.2 Å². The van der Waals surface area contributed by atoms with Crippen LogP contribution in [0.1, 0.15) is 24.6 Å². The van der Waals surface area contributed by atoms with Crippen LogP contribution in [0.3, 0.4) is 0 Å². The van der Waals surface area contributed by atoms with Gasteiger partial charge in [0.1, 0.15) is 17.5 Å². The van der Waals surface area contributed by atoms with Crippen molar-refractivity contribution in [1.29, 1.82) is 0 Å². The molecule has 1 amide bonds. The van der Waals surface area contributed by atoms with Gasteiger partial charge in [-0.3, -0.25) is 10.1 Å². The van der Waals surface area contributed by atoms with E-state index in [1.165, 1.54) is 6.07 Å². The van der Waals surface area contributed by atoms with Gasteiger partial charge >= 0.3 is 6.61 Å². The fraction of sp³-hybridized carbons (Fsp3) is 0.462. The van der Waals surface area contributed by atoms with E-state index in [-0.39, 0.29) is 11.7 Å². The van der Waals surface area contributed by atoms with Crippen molar-refractivity contribution in [3.05, 3.63) is 29.8 Å². The zero-order chi connectivity index (χ0) is 13.6. The summed E-state index contributed by atoms with van der Waals surface area (Å²) in [6, 6.07) is 6.55. The molecule has 1 aliphatic heterocycles. The number of halogens is 2. The van der Waals surface area contributed by atoms with E-state index in [9.17, 15) is 13.6 Å². The average Bonchev–Trinajstić information content (AvgIpc) is 3.11. The molecule has 2 fully saturated rings. The van der Waals surface area contributed by atoms with Gasteiger partial charge in [-0.15, -0.1) is 0 Å². The van der Waals surface area contributed by atoms with E-state index in [2.05, 4.69) is 10.1 Å². The van der Waals surface area contributed by atoms with Crippen molar-refractivity contribution in [1.82, 2.24) is 10.2 Å². The number of hydrogen-bond acceptors (Lipinski definition) is 3. The highest BCUT2D eigenvalue weighted by Gasteiger charge is 2.58. The van der Waals surface area contributed by atoms with Crippen LogP contribution in [0, 0.1) is 0 Å². The predicted octanol–water partition coefficient (Wildman–Crippen LogP) is 1.88. The standard InChI is InChI=1S/C13H14F2N2O2/c1-17-10(16-13(6-7-13)11(17)18)8-4-2-3-5-9(8)19-12(14)15/h2-5,10,12,16H,6-7H2,1H3. The largest absolute Gasteiger partial charge is 0.434 e. The minimum Gasteiger partial charge on any atom is -0.434 e. The van der Waals surface area contributed by atoms with Gasteiger partial charge in [0.25, 0.3) is 0 Å².